The van der Waals surface area contributed by atoms with Crippen LogP contribution in [0.15, 0.2) is 89.8 Å². The number of nitrogens with two attached hydrogens (primary N) is 1. The Labute approximate surface area is 225 Å². The van der Waals surface area contributed by atoms with Crippen molar-refractivity contribution in [2.75, 3.05) is 18.8 Å². The Morgan fingerprint density at radius 3 is 2.63 bits per heavy atom. The second-order valence-electron chi connectivity index (χ2n) is 9.45. The highest BCUT2D eigenvalue weighted by atomic mass is 32.2. The highest BCUT2D eigenvalue weighted by Gasteiger charge is 2.30. The van der Waals surface area contributed by atoms with Crippen LogP contribution in [0.3, 0.4) is 0 Å². The molecular formula is C30H28N6OS. The van der Waals surface area contributed by atoms with E-state index in [9.17, 15) is 4.55 Å². The number of nitrogens with zero attached hydrogens (tertiary/aromatic N) is 5. The summed E-state index contributed by atoms with van der Waals surface area (Å²) in [7, 11) is 0. The predicted octanol–water partition coefficient (Wildman–Crippen LogP) is 4.88. The number of rotatable bonds is 6. The van der Waals surface area contributed by atoms with E-state index in [1.807, 2.05) is 78.9 Å². The second kappa shape index (κ2) is 10.8. The average molecular weight is 521 g/mol. The second-order valence-corrected chi connectivity index (χ2v) is 11.2. The minimum absolute atomic E-state index is 0.145. The highest BCUT2D eigenvalue weighted by Crippen LogP contribution is 2.30. The Balaban J connectivity index is 1.20. The van der Waals surface area contributed by atoms with Crippen LogP contribution in [0.5, 0.6) is 0 Å². The van der Waals surface area contributed by atoms with Gasteiger partial charge in [-0.1, -0.05) is 12.1 Å². The summed E-state index contributed by atoms with van der Waals surface area (Å²) in [6.45, 7) is 2.67. The van der Waals surface area contributed by atoms with E-state index in [2.05, 4.69) is 25.2 Å². The molecule has 4 aromatic rings. The SMILES string of the molecule is Nc1cc(CN2CCC([S+]([O-])c3ccc(-n4c(-c5ccccn5)nc5c4C=C=CC=C5)cc3)CC2)ccn1. The summed E-state index contributed by atoms with van der Waals surface area (Å²) in [5.41, 5.74) is 13.7. The van der Waals surface area contributed by atoms with Crippen LogP contribution in [0.1, 0.15) is 29.8 Å². The van der Waals surface area contributed by atoms with E-state index in [1.165, 1.54) is 0 Å². The molecule has 8 heteroatoms. The van der Waals surface area contributed by atoms with Crippen LogP contribution in [0, 0.1) is 0 Å². The third-order valence-electron chi connectivity index (χ3n) is 6.92. The number of likely N-dealkylation sites (tertiary alicyclic amines) is 1. The van der Waals surface area contributed by atoms with Crippen molar-refractivity contribution in [1.29, 1.82) is 0 Å². The topological polar surface area (TPSA) is 95.9 Å². The number of benzene rings is 1. The van der Waals surface area contributed by atoms with E-state index < -0.39 is 11.2 Å². The lowest BCUT2D eigenvalue weighted by atomic mass is 10.1. The minimum atomic E-state index is -1.07. The molecule has 0 spiro atoms. The van der Waals surface area contributed by atoms with Crippen LogP contribution in [0.2, 0.25) is 0 Å². The molecule has 0 saturated carbocycles. The third-order valence-corrected chi connectivity index (χ3v) is 8.73. The van der Waals surface area contributed by atoms with Crippen LogP contribution in [-0.2, 0) is 17.7 Å². The van der Waals surface area contributed by atoms with E-state index in [1.54, 1.807) is 12.4 Å². The Bertz CT molecular complexity index is 1510. The fourth-order valence-electron chi connectivity index (χ4n) is 5.02. The molecule has 2 N–H and O–H groups in total. The van der Waals surface area contributed by atoms with E-state index in [0.29, 0.717) is 5.82 Å². The average Bonchev–Trinajstić information content (AvgIpc) is 3.16. The van der Waals surface area contributed by atoms with Crippen LogP contribution in [-0.4, -0.2) is 47.3 Å². The van der Waals surface area contributed by atoms with Gasteiger partial charge in [0.2, 0.25) is 0 Å². The first-order chi connectivity index (χ1) is 18.7. The molecule has 190 valence electrons. The fourth-order valence-corrected chi connectivity index (χ4v) is 6.44. The van der Waals surface area contributed by atoms with Gasteiger partial charge in [0, 0.05) is 56.6 Å². The smallest absolute Gasteiger partial charge is 0.164 e. The zero-order valence-corrected chi connectivity index (χ0v) is 21.7. The maximum atomic E-state index is 13.5. The zero-order chi connectivity index (χ0) is 25.9. The van der Waals surface area contributed by atoms with Gasteiger partial charge in [-0.15, -0.1) is 5.73 Å². The van der Waals surface area contributed by atoms with E-state index in [0.717, 1.165) is 71.5 Å². The molecule has 1 fully saturated rings. The zero-order valence-electron chi connectivity index (χ0n) is 20.9. The summed E-state index contributed by atoms with van der Waals surface area (Å²) >= 11 is -1.07. The fraction of sp³-hybridized carbons (Fsp3) is 0.200. The van der Waals surface area contributed by atoms with Crippen molar-refractivity contribution in [1.82, 2.24) is 24.4 Å². The molecule has 1 aliphatic heterocycles. The third kappa shape index (κ3) is 5.08. The maximum absolute atomic E-state index is 13.5. The summed E-state index contributed by atoms with van der Waals surface area (Å²) in [4.78, 5) is 16.7. The minimum Gasteiger partial charge on any atom is -0.611 e. The Hall–Kier alpha value is -3.94. The molecule has 6 rings (SSSR count). The Morgan fingerprint density at radius 2 is 1.87 bits per heavy atom. The van der Waals surface area contributed by atoms with Crippen molar-refractivity contribution >= 4 is 29.1 Å². The lowest BCUT2D eigenvalue weighted by Crippen LogP contribution is -2.38. The van der Waals surface area contributed by atoms with Crippen LogP contribution >= 0.6 is 0 Å². The van der Waals surface area contributed by atoms with Gasteiger partial charge in [-0.05, 0) is 77.4 Å². The van der Waals surface area contributed by atoms with Gasteiger partial charge in [-0.25, -0.2) is 9.97 Å². The lowest BCUT2D eigenvalue weighted by Gasteiger charge is -2.32. The first-order valence-electron chi connectivity index (χ1n) is 12.7. The van der Waals surface area contributed by atoms with Gasteiger partial charge < -0.3 is 10.3 Å². The molecular weight excluding hydrogens is 492 g/mol. The Kier molecular flexibility index (Phi) is 6.94. The van der Waals surface area contributed by atoms with Gasteiger partial charge >= 0.3 is 0 Å². The number of anilines is 1. The molecule has 1 aliphatic carbocycles. The first kappa shape index (κ1) is 24.4. The van der Waals surface area contributed by atoms with E-state index in [-0.39, 0.29) is 5.25 Å². The number of aromatic nitrogens is 4. The molecule has 0 amide bonds. The predicted molar refractivity (Wildman–Crippen MR) is 152 cm³/mol. The van der Waals surface area contributed by atoms with E-state index >= 15 is 0 Å². The highest BCUT2D eigenvalue weighted by molar-refractivity contribution is 7.92. The number of allylic oxidation sites excluding steroid dienone is 2. The normalized spacial score (nSPS) is 16.3. The van der Waals surface area contributed by atoms with Gasteiger partial charge in [-0.3, -0.25) is 14.5 Å². The van der Waals surface area contributed by atoms with Gasteiger partial charge in [-0.2, -0.15) is 0 Å². The number of piperidine rings is 1. The molecule has 38 heavy (non-hydrogen) atoms. The molecule has 2 aliphatic rings. The molecule has 1 saturated heterocycles. The van der Waals surface area contributed by atoms with Crippen molar-refractivity contribution < 1.29 is 4.55 Å². The summed E-state index contributed by atoms with van der Waals surface area (Å²) in [5.74, 6) is 1.31. The van der Waals surface area contributed by atoms with E-state index in [4.69, 9.17) is 10.7 Å². The molecule has 4 heterocycles. The van der Waals surface area contributed by atoms with Crippen LogP contribution < -0.4 is 5.73 Å². The van der Waals surface area contributed by atoms with Crippen molar-refractivity contribution in [3.63, 3.8) is 0 Å². The monoisotopic (exact) mass is 520 g/mol. The Morgan fingerprint density at radius 1 is 1.03 bits per heavy atom. The van der Waals surface area contributed by atoms with Crippen molar-refractivity contribution in [3.8, 4) is 17.2 Å². The van der Waals surface area contributed by atoms with Crippen molar-refractivity contribution in [2.24, 2.45) is 0 Å². The molecule has 1 atom stereocenters. The van der Waals surface area contributed by atoms with Gasteiger partial charge in [0.25, 0.3) is 0 Å². The number of imidazole rings is 1. The largest absolute Gasteiger partial charge is 0.611 e. The number of pyridine rings is 2. The molecule has 1 unspecified atom stereocenters. The van der Waals surface area contributed by atoms with Crippen molar-refractivity contribution in [2.45, 2.75) is 29.5 Å². The summed E-state index contributed by atoms with van der Waals surface area (Å²) in [5, 5.41) is 0.145. The quantitative estimate of drug-likeness (QED) is 0.288. The molecule has 3 aromatic heterocycles. The molecule has 0 bridgehead atoms. The summed E-state index contributed by atoms with van der Waals surface area (Å²) < 4.78 is 15.6. The van der Waals surface area contributed by atoms with Crippen molar-refractivity contribution in [3.05, 3.63) is 102 Å². The number of fused-ring (bicyclic) bond motifs is 1. The standard InChI is InChI=1S/C30H28N6OS/c31-29-20-22(13-17-33-29)21-35-18-14-25(15-19-35)38(37)24-11-9-23(10-12-24)36-28-8-3-1-2-6-26(28)34-30(36)27-7-4-5-16-32-27/h1-2,4-13,16-17,20,25H,14-15,18-19,21H2,(H2,31,33). The summed E-state index contributed by atoms with van der Waals surface area (Å²) in [6.07, 6.45) is 13.1. The number of hydrogen-bond acceptors (Lipinski definition) is 6. The molecule has 0 radical (unpaired) electrons. The van der Waals surface area contributed by atoms with Gasteiger partial charge in [0.05, 0.1) is 11.4 Å². The lowest BCUT2D eigenvalue weighted by molar-refractivity contribution is 0.222. The first-order valence-corrected chi connectivity index (χ1v) is 13.9. The number of hydrogen-bond donors (Lipinski definition) is 1. The maximum Gasteiger partial charge on any atom is 0.164 e. The molecule has 7 nitrogen and oxygen atoms in total. The summed E-state index contributed by atoms with van der Waals surface area (Å²) in [6, 6.07) is 17.8. The number of nitrogen functional groups attached to an aromatic ring is 1. The van der Waals surface area contributed by atoms with Gasteiger partial charge in [0.1, 0.15) is 16.8 Å². The van der Waals surface area contributed by atoms with Crippen LogP contribution in [0.25, 0.3) is 29.4 Å². The van der Waals surface area contributed by atoms with Crippen LogP contribution in [0.4, 0.5) is 5.82 Å². The van der Waals surface area contributed by atoms with Gasteiger partial charge in [0.15, 0.2) is 10.7 Å². The molecule has 1 aromatic carbocycles.